The van der Waals surface area contributed by atoms with E-state index in [9.17, 15) is 0 Å². The first-order valence-electron chi connectivity index (χ1n) is 2.97. The maximum atomic E-state index is 8.67. The molecule has 0 saturated heterocycles. The van der Waals surface area contributed by atoms with Gasteiger partial charge in [-0.1, -0.05) is 17.7 Å². The topological polar surface area (TPSA) is 46.2 Å². The summed E-state index contributed by atoms with van der Waals surface area (Å²) in [4.78, 5) is 0. The number of halogens is 1. The molecule has 9 heavy (non-hydrogen) atoms. The summed E-state index contributed by atoms with van der Waals surface area (Å²) in [5.74, 6) is 0.0988. The molecule has 0 aromatic rings. The molecule has 0 bridgehead atoms. The van der Waals surface area contributed by atoms with Crippen molar-refractivity contribution < 1.29 is 5.11 Å². The van der Waals surface area contributed by atoms with Crippen LogP contribution >= 0.6 is 11.6 Å². The normalized spacial score (nSPS) is 34.8. The number of aliphatic hydroxyl groups excluding tert-OH is 1. The second-order valence-electron chi connectivity index (χ2n) is 2.33. The van der Waals surface area contributed by atoms with Gasteiger partial charge in [0.1, 0.15) is 0 Å². The van der Waals surface area contributed by atoms with E-state index in [2.05, 4.69) is 0 Å². The number of rotatable bonds is 1. The lowest BCUT2D eigenvalue weighted by molar-refractivity contribution is 0.247. The van der Waals surface area contributed by atoms with E-state index in [-0.39, 0.29) is 18.6 Å². The summed E-state index contributed by atoms with van der Waals surface area (Å²) in [6.45, 7) is 0.114. The van der Waals surface area contributed by atoms with Gasteiger partial charge in [-0.25, -0.2) is 0 Å². The SMILES string of the molecule is N[C@@H]1C=C(Cl)[C@H](CO)C1. The molecule has 2 nitrogen and oxygen atoms in total. The summed E-state index contributed by atoms with van der Waals surface area (Å²) in [5, 5.41) is 9.39. The minimum atomic E-state index is 0.0506. The van der Waals surface area contributed by atoms with E-state index in [1.807, 2.05) is 0 Å². The molecule has 0 amide bonds. The fourth-order valence-corrected chi connectivity index (χ4v) is 1.33. The Labute approximate surface area is 59.3 Å². The highest BCUT2D eigenvalue weighted by molar-refractivity contribution is 6.30. The average Bonchev–Trinajstić information content (AvgIpc) is 2.10. The Hall–Kier alpha value is -0.0500. The molecule has 52 valence electrons. The van der Waals surface area contributed by atoms with Crippen LogP contribution in [0.1, 0.15) is 6.42 Å². The van der Waals surface area contributed by atoms with Crippen molar-refractivity contribution in [3.63, 3.8) is 0 Å². The van der Waals surface area contributed by atoms with Crippen molar-refractivity contribution in [2.45, 2.75) is 12.5 Å². The van der Waals surface area contributed by atoms with Crippen LogP contribution in [-0.4, -0.2) is 17.8 Å². The Morgan fingerprint density at radius 1 is 1.89 bits per heavy atom. The average molecular weight is 148 g/mol. The van der Waals surface area contributed by atoms with Crippen molar-refractivity contribution in [1.82, 2.24) is 0 Å². The van der Waals surface area contributed by atoms with Gasteiger partial charge >= 0.3 is 0 Å². The van der Waals surface area contributed by atoms with Crippen molar-refractivity contribution in [3.8, 4) is 0 Å². The Bertz CT molecular complexity index is 135. The number of hydrogen-bond acceptors (Lipinski definition) is 2. The van der Waals surface area contributed by atoms with Crippen LogP contribution in [0.2, 0.25) is 0 Å². The second kappa shape index (κ2) is 2.69. The van der Waals surface area contributed by atoms with E-state index >= 15 is 0 Å². The summed E-state index contributed by atoms with van der Waals surface area (Å²) in [7, 11) is 0. The van der Waals surface area contributed by atoms with E-state index in [1.165, 1.54) is 0 Å². The highest BCUT2D eigenvalue weighted by Crippen LogP contribution is 2.27. The molecule has 2 atom stereocenters. The molecule has 0 spiro atoms. The van der Waals surface area contributed by atoms with Gasteiger partial charge in [0.25, 0.3) is 0 Å². The van der Waals surface area contributed by atoms with E-state index in [4.69, 9.17) is 22.4 Å². The van der Waals surface area contributed by atoms with Crippen molar-refractivity contribution in [1.29, 1.82) is 0 Å². The standard InChI is InChI=1S/C6H10ClNO/c7-6-2-5(8)1-4(6)3-9/h2,4-5,9H,1,3,8H2/t4-,5-/m0/s1. The number of hydrogen-bond donors (Lipinski definition) is 2. The minimum absolute atomic E-state index is 0.0506. The zero-order valence-corrected chi connectivity index (χ0v) is 5.80. The monoisotopic (exact) mass is 147 g/mol. The molecule has 3 N–H and O–H groups in total. The molecular weight excluding hydrogens is 138 g/mol. The highest BCUT2D eigenvalue weighted by Gasteiger charge is 2.21. The van der Waals surface area contributed by atoms with Crippen molar-refractivity contribution >= 4 is 11.6 Å². The van der Waals surface area contributed by atoms with Crippen LogP contribution < -0.4 is 5.73 Å². The van der Waals surface area contributed by atoms with Gasteiger partial charge in [0.05, 0.1) is 6.61 Å². The molecule has 0 aliphatic heterocycles. The van der Waals surface area contributed by atoms with Gasteiger partial charge in [0.2, 0.25) is 0 Å². The Morgan fingerprint density at radius 3 is 2.78 bits per heavy atom. The molecule has 1 aliphatic carbocycles. The molecule has 0 aromatic heterocycles. The largest absolute Gasteiger partial charge is 0.396 e. The summed E-state index contributed by atoms with van der Waals surface area (Å²) in [6.07, 6.45) is 2.58. The molecule has 1 aliphatic rings. The smallest absolute Gasteiger partial charge is 0.0509 e. The fourth-order valence-electron chi connectivity index (χ4n) is 1.01. The molecule has 0 fully saturated rings. The van der Waals surface area contributed by atoms with Crippen LogP contribution in [0, 0.1) is 5.92 Å². The van der Waals surface area contributed by atoms with Crippen LogP contribution in [-0.2, 0) is 0 Å². The second-order valence-corrected chi connectivity index (χ2v) is 2.77. The molecule has 0 heterocycles. The highest BCUT2D eigenvalue weighted by atomic mass is 35.5. The van der Waals surface area contributed by atoms with Gasteiger partial charge in [0, 0.05) is 17.0 Å². The van der Waals surface area contributed by atoms with Gasteiger partial charge in [-0.3, -0.25) is 0 Å². The molecule has 3 heteroatoms. The maximum absolute atomic E-state index is 8.67. The van der Waals surface area contributed by atoms with E-state index in [1.54, 1.807) is 6.08 Å². The van der Waals surface area contributed by atoms with Crippen LogP contribution in [0.3, 0.4) is 0 Å². The third-order valence-electron chi connectivity index (χ3n) is 1.54. The van der Waals surface area contributed by atoms with Crippen LogP contribution in [0.5, 0.6) is 0 Å². The quantitative estimate of drug-likeness (QED) is 0.566. The van der Waals surface area contributed by atoms with E-state index < -0.39 is 0 Å². The van der Waals surface area contributed by atoms with Gasteiger partial charge in [0.15, 0.2) is 0 Å². The summed E-state index contributed by atoms with van der Waals surface area (Å²) in [6, 6.07) is 0.0506. The third kappa shape index (κ3) is 1.45. The first kappa shape index (κ1) is 7.06. The molecule has 0 saturated carbocycles. The zero-order valence-electron chi connectivity index (χ0n) is 5.05. The zero-order chi connectivity index (χ0) is 6.85. The molecule has 0 unspecified atom stereocenters. The minimum Gasteiger partial charge on any atom is -0.396 e. The van der Waals surface area contributed by atoms with Crippen LogP contribution in [0.25, 0.3) is 0 Å². The first-order valence-corrected chi connectivity index (χ1v) is 3.35. The van der Waals surface area contributed by atoms with Gasteiger partial charge in [-0.2, -0.15) is 0 Å². The summed E-state index contributed by atoms with van der Waals surface area (Å²) in [5.41, 5.74) is 5.52. The summed E-state index contributed by atoms with van der Waals surface area (Å²) < 4.78 is 0. The lowest BCUT2D eigenvalue weighted by Gasteiger charge is -2.04. The van der Waals surface area contributed by atoms with E-state index in [0.717, 1.165) is 6.42 Å². The van der Waals surface area contributed by atoms with Crippen LogP contribution in [0.4, 0.5) is 0 Å². The summed E-state index contributed by atoms with van der Waals surface area (Å²) >= 11 is 5.69. The molecular formula is C6H10ClNO. The third-order valence-corrected chi connectivity index (χ3v) is 1.97. The van der Waals surface area contributed by atoms with Crippen molar-refractivity contribution in [3.05, 3.63) is 11.1 Å². The van der Waals surface area contributed by atoms with Crippen molar-refractivity contribution in [2.24, 2.45) is 11.7 Å². The van der Waals surface area contributed by atoms with Crippen molar-refractivity contribution in [2.75, 3.05) is 6.61 Å². The Kier molecular flexibility index (Phi) is 2.11. The molecule has 0 aromatic carbocycles. The molecule has 0 radical (unpaired) electrons. The van der Waals surface area contributed by atoms with Crippen LogP contribution in [0.15, 0.2) is 11.1 Å². The first-order chi connectivity index (χ1) is 4.24. The predicted octanol–water partition coefficient (Wildman–Crippen LogP) is 0.449. The Balaban J connectivity index is 2.53. The van der Waals surface area contributed by atoms with Gasteiger partial charge in [-0.05, 0) is 6.42 Å². The number of aliphatic hydroxyl groups is 1. The molecule has 1 rings (SSSR count). The van der Waals surface area contributed by atoms with Gasteiger partial charge in [-0.15, -0.1) is 0 Å². The van der Waals surface area contributed by atoms with Gasteiger partial charge < -0.3 is 10.8 Å². The number of nitrogens with two attached hydrogens (primary N) is 1. The predicted molar refractivity (Wildman–Crippen MR) is 37.1 cm³/mol. The Morgan fingerprint density at radius 2 is 2.56 bits per heavy atom. The van der Waals surface area contributed by atoms with E-state index in [0.29, 0.717) is 5.03 Å². The fraction of sp³-hybridized carbons (Fsp3) is 0.667. The lowest BCUT2D eigenvalue weighted by Crippen LogP contribution is -2.16. The maximum Gasteiger partial charge on any atom is 0.0509 e. The lowest BCUT2D eigenvalue weighted by atomic mass is 10.1.